The van der Waals surface area contributed by atoms with E-state index in [0.717, 1.165) is 25.7 Å². The van der Waals surface area contributed by atoms with E-state index in [1.165, 1.54) is 12.8 Å². The van der Waals surface area contributed by atoms with Crippen LogP contribution in [0.3, 0.4) is 0 Å². The zero-order valence-electron chi connectivity index (χ0n) is 7.92. The first-order chi connectivity index (χ1) is 5.66. The molecule has 0 radical (unpaired) electrons. The van der Waals surface area contributed by atoms with E-state index in [9.17, 15) is 5.11 Å². The van der Waals surface area contributed by atoms with Gasteiger partial charge in [0.2, 0.25) is 0 Å². The molecule has 2 heteroatoms. The van der Waals surface area contributed by atoms with Crippen LogP contribution in [0.1, 0.15) is 45.4 Å². The summed E-state index contributed by atoms with van der Waals surface area (Å²) in [7, 11) is 0. The first-order valence-corrected chi connectivity index (χ1v) is 4.99. The van der Waals surface area contributed by atoms with Gasteiger partial charge in [0.05, 0.1) is 5.60 Å². The van der Waals surface area contributed by atoms with Crippen LogP contribution in [0.4, 0.5) is 0 Å². The molecule has 0 heterocycles. The third kappa shape index (κ3) is 2.76. The Morgan fingerprint density at radius 3 is 2.42 bits per heavy atom. The van der Waals surface area contributed by atoms with Gasteiger partial charge in [0.1, 0.15) is 0 Å². The molecule has 0 amide bonds. The molecule has 0 bridgehead atoms. The fourth-order valence-corrected chi connectivity index (χ4v) is 2.21. The maximum Gasteiger partial charge on any atom is 0.0650 e. The minimum atomic E-state index is -0.394. The summed E-state index contributed by atoms with van der Waals surface area (Å²) in [6, 6.07) is 0. The highest BCUT2D eigenvalue weighted by Gasteiger charge is 2.32. The van der Waals surface area contributed by atoms with Crippen molar-refractivity contribution in [1.82, 2.24) is 0 Å². The predicted octanol–water partition coefficient (Wildman–Crippen LogP) is 1.70. The normalized spacial score (nSPS) is 24.2. The van der Waals surface area contributed by atoms with Crippen molar-refractivity contribution in [2.45, 2.75) is 51.0 Å². The lowest BCUT2D eigenvalue weighted by molar-refractivity contribution is 0.0213. The lowest BCUT2D eigenvalue weighted by Crippen LogP contribution is -2.27. The first-order valence-electron chi connectivity index (χ1n) is 4.99. The SMILES string of the molecule is CC(CCO)CC1(O)CCCC1. The Morgan fingerprint density at radius 1 is 1.33 bits per heavy atom. The molecule has 2 N–H and O–H groups in total. The smallest absolute Gasteiger partial charge is 0.0650 e. The van der Waals surface area contributed by atoms with Gasteiger partial charge in [0.15, 0.2) is 0 Å². The van der Waals surface area contributed by atoms with Crippen molar-refractivity contribution < 1.29 is 10.2 Å². The summed E-state index contributed by atoms with van der Waals surface area (Å²) in [4.78, 5) is 0. The molecule has 1 atom stereocenters. The molecule has 72 valence electrons. The molecule has 1 unspecified atom stereocenters. The first kappa shape index (κ1) is 10.0. The van der Waals surface area contributed by atoms with E-state index < -0.39 is 5.60 Å². The third-order valence-corrected chi connectivity index (χ3v) is 2.88. The third-order valence-electron chi connectivity index (χ3n) is 2.88. The summed E-state index contributed by atoms with van der Waals surface area (Å²) in [6.45, 7) is 2.35. The molecular weight excluding hydrogens is 152 g/mol. The summed E-state index contributed by atoms with van der Waals surface area (Å²) >= 11 is 0. The Labute approximate surface area is 74.6 Å². The van der Waals surface area contributed by atoms with Gasteiger partial charge in [-0.25, -0.2) is 0 Å². The maximum absolute atomic E-state index is 10.0. The van der Waals surface area contributed by atoms with Crippen LogP contribution in [0.5, 0.6) is 0 Å². The van der Waals surface area contributed by atoms with Gasteiger partial charge in [0.25, 0.3) is 0 Å². The molecule has 1 saturated carbocycles. The van der Waals surface area contributed by atoms with E-state index in [0.29, 0.717) is 5.92 Å². The molecular formula is C10H20O2. The molecule has 1 fully saturated rings. The fourth-order valence-electron chi connectivity index (χ4n) is 2.21. The zero-order chi connectivity index (χ0) is 9.03. The molecule has 12 heavy (non-hydrogen) atoms. The second-order valence-corrected chi connectivity index (χ2v) is 4.25. The van der Waals surface area contributed by atoms with Crippen molar-refractivity contribution in [3.8, 4) is 0 Å². The summed E-state index contributed by atoms with van der Waals surface area (Å²) in [6.07, 6.45) is 5.95. The number of hydrogen-bond acceptors (Lipinski definition) is 2. The van der Waals surface area contributed by atoms with Gasteiger partial charge in [-0.05, 0) is 31.6 Å². The molecule has 2 nitrogen and oxygen atoms in total. The van der Waals surface area contributed by atoms with E-state index in [-0.39, 0.29) is 6.61 Å². The van der Waals surface area contributed by atoms with Crippen LogP contribution in [-0.4, -0.2) is 22.4 Å². The fraction of sp³-hybridized carbons (Fsp3) is 1.00. The Morgan fingerprint density at radius 2 is 1.92 bits per heavy atom. The lowest BCUT2D eigenvalue weighted by Gasteiger charge is -2.25. The monoisotopic (exact) mass is 172 g/mol. The summed E-state index contributed by atoms with van der Waals surface area (Å²) in [5.74, 6) is 0.457. The van der Waals surface area contributed by atoms with Crippen LogP contribution in [0.25, 0.3) is 0 Å². The van der Waals surface area contributed by atoms with Crippen molar-refractivity contribution in [2.24, 2.45) is 5.92 Å². The number of rotatable bonds is 4. The molecule has 0 aromatic carbocycles. The van der Waals surface area contributed by atoms with Gasteiger partial charge < -0.3 is 10.2 Å². The molecule has 0 saturated heterocycles. The Balaban J connectivity index is 2.28. The summed E-state index contributed by atoms with van der Waals surface area (Å²) in [5.41, 5.74) is -0.394. The minimum absolute atomic E-state index is 0.247. The standard InChI is InChI=1S/C10H20O2/c1-9(4-7-11)8-10(12)5-2-3-6-10/h9,11-12H,2-8H2,1H3. The lowest BCUT2D eigenvalue weighted by atomic mass is 9.88. The second kappa shape index (κ2) is 4.24. The zero-order valence-corrected chi connectivity index (χ0v) is 7.92. The number of hydrogen-bond donors (Lipinski definition) is 2. The van der Waals surface area contributed by atoms with Crippen molar-refractivity contribution in [3.63, 3.8) is 0 Å². The second-order valence-electron chi connectivity index (χ2n) is 4.25. The summed E-state index contributed by atoms with van der Waals surface area (Å²) in [5, 5.41) is 18.7. The Kier molecular flexibility index (Phi) is 3.53. The van der Waals surface area contributed by atoms with Gasteiger partial charge >= 0.3 is 0 Å². The molecule has 1 aliphatic carbocycles. The van der Waals surface area contributed by atoms with Crippen LogP contribution >= 0.6 is 0 Å². The molecule has 1 aliphatic rings. The van der Waals surface area contributed by atoms with Crippen LogP contribution in [0.2, 0.25) is 0 Å². The largest absolute Gasteiger partial charge is 0.396 e. The number of aliphatic hydroxyl groups excluding tert-OH is 1. The van der Waals surface area contributed by atoms with Crippen LogP contribution in [0.15, 0.2) is 0 Å². The predicted molar refractivity (Wildman–Crippen MR) is 48.9 cm³/mol. The van der Waals surface area contributed by atoms with Crippen molar-refractivity contribution in [1.29, 1.82) is 0 Å². The van der Waals surface area contributed by atoms with Crippen LogP contribution < -0.4 is 0 Å². The van der Waals surface area contributed by atoms with Gasteiger partial charge in [-0.2, -0.15) is 0 Å². The number of aliphatic hydroxyl groups is 2. The van der Waals surface area contributed by atoms with Crippen molar-refractivity contribution in [3.05, 3.63) is 0 Å². The highest BCUT2D eigenvalue weighted by atomic mass is 16.3. The van der Waals surface area contributed by atoms with Crippen molar-refractivity contribution >= 4 is 0 Å². The molecule has 0 aromatic heterocycles. The van der Waals surface area contributed by atoms with E-state index in [1.807, 2.05) is 0 Å². The quantitative estimate of drug-likeness (QED) is 0.677. The molecule has 0 aromatic rings. The van der Waals surface area contributed by atoms with Gasteiger partial charge in [-0.3, -0.25) is 0 Å². The van der Waals surface area contributed by atoms with E-state index in [2.05, 4.69) is 6.92 Å². The Hall–Kier alpha value is -0.0800. The topological polar surface area (TPSA) is 40.5 Å². The van der Waals surface area contributed by atoms with Gasteiger partial charge in [-0.15, -0.1) is 0 Å². The average Bonchev–Trinajstić information content (AvgIpc) is 2.36. The highest BCUT2D eigenvalue weighted by Crippen LogP contribution is 2.35. The van der Waals surface area contributed by atoms with Gasteiger partial charge in [-0.1, -0.05) is 19.8 Å². The molecule has 0 spiro atoms. The van der Waals surface area contributed by atoms with E-state index in [4.69, 9.17) is 5.11 Å². The average molecular weight is 172 g/mol. The van der Waals surface area contributed by atoms with Crippen LogP contribution in [-0.2, 0) is 0 Å². The molecule has 0 aliphatic heterocycles. The highest BCUT2D eigenvalue weighted by molar-refractivity contribution is 4.85. The Bertz CT molecular complexity index is 128. The summed E-state index contributed by atoms with van der Waals surface area (Å²) < 4.78 is 0. The minimum Gasteiger partial charge on any atom is -0.396 e. The molecule has 1 rings (SSSR count). The van der Waals surface area contributed by atoms with Gasteiger partial charge in [0, 0.05) is 6.61 Å². The maximum atomic E-state index is 10.0. The van der Waals surface area contributed by atoms with E-state index >= 15 is 0 Å². The van der Waals surface area contributed by atoms with Crippen LogP contribution in [0, 0.1) is 5.92 Å². The van der Waals surface area contributed by atoms with E-state index in [1.54, 1.807) is 0 Å². The van der Waals surface area contributed by atoms with Crippen molar-refractivity contribution in [2.75, 3.05) is 6.61 Å².